The molecule has 1 fully saturated rings. The number of amides is 1. The summed E-state index contributed by atoms with van der Waals surface area (Å²) < 4.78 is 33.2. The molecule has 0 aromatic heterocycles. The first kappa shape index (κ1) is 24.3. The zero-order chi connectivity index (χ0) is 23.5. The number of piperidine rings is 1. The number of rotatable bonds is 7. The molecule has 1 saturated heterocycles. The molecule has 1 atom stereocenters. The van der Waals surface area contributed by atoms with E-state index in [2.05, 4.69) is 12.2 Å². The van der Waals surface area contributed by atoms with E-state index < -0.39 is 10.0 Å². The molecule has 0 unspecified atom stereocenters. The Hall–Kier alpha value is -2.38. The van der Waals surface area contributed by atoms with Crippen LogP contribution in [-0.4, -0.2) is 38.8 Å². The Labute approximate surface area is 192 Å². The van der Waals surface area contributed by atoms with E-state index in [1.165, 1.54) is 10.4 Å². The lowest BCUT2D eigenvalue weighted by Crippen LogP contribution is -2.38. The van der Waals surface area contributed by atoms with Gasteiger partial charge in [-0.25, -0.2) is 8.42 Å². The number of ether oxygens (including phenoxy) is 1. The van der Waals surface area contributed by atoms with E-state index in [4.69, 9.17) is 4.74 Å². The number of hydrogen-bond donors (Lipinski definition) is 1. The predicted octanol–water partition coefficient (Wildman–Crippen LogP) is 4.61. The Morgan fingerprint density at radius 3 is 2.41 bits per heavy atom. The number of sulfonamides is 1. The van der Waals surface area contributed by atoms with Gasteiger partial charge in [0.05, 0.1) is 18.0 Å². The molecule has 3 rings (SSSR count). The lowest BCUT2D eigenvalue weighted by molar-refractivity contribution is 0.0934. The van der Waals surface area contributed by atoms with E-state index in [9.17, 15) is 13.2 Å². The maximum atomic E-state index is 13.2. The maximum Gasteiger partial charge on any atom is 0.252 e. The molecule has 1 heterocycles. The number of nitrogens with zero attached hydrogens (tertiary/aromatic N) is 1. The van der Waals surface area contributed by atoms with Gasteiger partial charge in [0, 0.05) is 18.7 Å². The van der Waals surface area contributed by atoms with Crippen molar-refractivity contribution in [2.45, 2.75) is 57.9 Å². The molecule has 0 radical (unpaired) electrons. The average Bonchev–Trinajstić information content (AvgIpc) is 2.77. The minimum Gasteiger partial charge on any atom is -0.496 e. The number of methoxy groups -OCH3 is 1. The van der Waals surface area contributed by atoms with Crippen molar-refractivity contribution in [1.82, 2.24) is 9.62 Å². The Kier molecular flexibility index (Phi) is 7.62. The lowest BCUT2D eigenvalue weighted by Gasteiger charge is -2.29. The SMILES string of the molecule is CC[C@H](NC(=O)c1cc(S(=O)(=O)N2CCC(C)CC2)ccc1C)c1ccc(OC)c(C)c1. The topological polar surface area (TPSA) is 75.7 Å². The van der Waals surface area contributed by atoms with Crippen LogP contribution in [0.5, 0.6) is 5.75 Å². The van der Waals surface area contributed by atoms with Crippen LogP contribution < -0.4 is 10.1 Å². The van der Waals surface area contributed by atoms with Crippen LogP contribution in [0.15, 0.2) is 41.3 Å². The summed E-state index contributed by atoms with van der Waals surface area (Å²) in [5, 5.41) is 3.08. The van der Waals surface area contributed by atoms with Crippen LogP contribution >= 0.6 is 0 Å². The molecule has 7 heteroatoms. The Morgan fingerprint density at radius 1 is 1.12 bits per heavy atom. The average molecular weight is 459 g/mol. The minimum atomic E-state index is -3.62. The molecule has 174 valence electrons. The number of carbonyl (C=O) groups excluding carboxylic acids is 1. The number of nitrogens with one attached hydrogen (secondary N) is 1. The fourth-order valence-electron chi connectivity index (χ4n) is 4.16. The first-order valence-corrected chi connectivity index (χ1v) is 12.7. The van der Waals surface area contributed by atoms with Crippen LogP contribution in [0.25, 0.3) is 0 Å². The van der Waals surface area contributed by atoms with Crippen LogP contribution in [0.4, 0.5) is 0 Å². The summed E-state index contributed by atoms with van der Waals surface area (Å²) in [6.45, 7) is 8.99. The summed E-state index contributed by atoms with van der Waals surface area (Å²) in [6, 6.07) is 10.5. The monoisotopic (exact) mass is 458 g/mol. The van der Waals surface area contributed by atoms with Crippen LogP contribution in [0.2, 0.25) is 0 Å². The molecule has 0 saturated carbocycles. The number of hydrogen-bond acceptors (Lipinski definition) is 4. The molecule has 2 aromatic rings. The molecule has 0 aliphatic carbocycles. The van der Waals surface area contributed by atoms with Crippen molar-refractivity contribution >= 4 is 15.9 Å². The van der Waals surface area contributed by atoms with Crippen molar-refractivity contribution in [2.24, 2.45) is 5.92 Å². The molecule has 1 N–H and O–H groups in total. The van der Waals surface area contributed by atoms with Gasteiger partial charge in [-0.2, -0.15) is 4.31 Å². The van der Waals surface area contributed by atoms with Crippen LogP contribution in [0.1, 0.15) is 66.2 Å². The van der Waals surface area contributed by atoms with Gasteiger partial charge in [0.15, 0.2) is 0 Å². The van der Waals surface area contributed by atoms with Gasteiger partial charge in [-0.3, -0.25) is 4.79 Å². The van der Waals surface area contributed by atoms with Gasteiger partial charge in [0.2, 0.25) is 10.0 Å². The predicted molar refractivity (Wildman–Crippen MR) is 127 cm³/mol. The number of benzene rings is 2. The molecular weight excluding hydrogens is 424 g/mol. The van der Waals surface area contributed by atoms with Crippen molar-refractivity contribution in [1.29, 1.82) is 0 Å². The fraction of sp³-hybridized carbons (Fsp3) is 0.480. The van der Waals surface area contributed by atoms with Gasteiger partial charge >= 0.3 is 0 Å². The maximum absolute atomic E-state index is 13.2. The molecule has 6 nitrogen and oxygen atoms in total. The lowest BCUT2D eigenvalue weighted by atomic mass is 10.0. The standard InChI is InChI=1S/C25H34N2O4S/c1-6-23(20-8-10-24(31-5)19(4)15-20)26-25(28)22-16-21(9-7-18(22)3)32(29,30)27-13-11-17(2)12-14-27/h7-10,15-17,23H,6,11-14H2,1-5H3,(H,26,28)/t23-/m0/s1. The molecular formula is C25H34N2O4S. The second kappa shape index (κ2) is 10.0. The summed E-state index contributed by atoms with van der Waals surface area (Å²) in [6.07, 6.45) is 2.43. The molecule has 32 heavy (non-hydrogen) atoms. The second-order valence-electron chi connectivity index (χ2n) is 8.73. The van der Waals surface area contributed by atoms with Crippen molar-refractivity contribution in [3.63, 3.8) is 0 Å². The van der Waals surface area contributed by atoms with Crippen LogP contribution in [-0.2, 0) is 10.0 Å². The van der Waals surface area contributed by atoms with Crippen molar-refractivity contribution in [3.05, 3.63) is 58.7 Å². The third kappa shape index (κ3) is 5.15. The smallest absolute Gasteiger partial charge is 0.252 e. The fourth-order valence-corrected chi connectivity index (χ4v) is 5.65. The highest BCUT2D eigenvalue weighted by atomic mass is 32.2. The first-order valence-electron chi connectivity index (χ1n) is 11.2. The highest BCUT2D eigenvalue weighted by Crippen LogP contribution is 2.27. The quantitative estimate of drug-likeness (QED) is 0.657. The van der Waals surface area contributed by atoms with Gasteiger partial charge in [-0.05, 0) is 73.9 Å². The normalized spacial score (nSPS) is 16.5. The van der Waals surface area contributed by atoms with Crippen molar-refractivity contribution in [3.8, 4) is 5.75 Å². The van der Waals surface area contributed by atoms with Gasteiger partial charge in [-0.1, -0.05) is 32.0 Å². The van der Waals surface area contributed by atoms with E-state index >= 15 is 0 Å². The van der Waals surface area contributed by atoms with Crippen molar-refractivity contribution < 1.29 is 17.9 Å². The van der Waals surface area contributed by atoms with Gasteiger partial charge < -0.3 is 10.1 Å². The molecule has 1 aliphatic heterocycles. The van der Waals surface area contributed by atoms with E-state index in [0.717, 1.165) is 35.3 Å². The summed E-state index contributed by atoms with van der Waals surface area (Å²) in [4.78, 5) is 13.3. The highest BCUT2D eigenvalue weighted by molar-refractivity contribution is 7.89. The highest BCUT2D eigenvalue weighted by Gasteiger charge is 2.29. The van der Waals surface area contributed by atoms with Gasteiger partial charge in [0.25, 0.3) is 5.91 Å². The molecule has 2 aromatic carbocycles. The van der Waals surface area contributed by atoms with E-state index in [1.807, 2.05) is 39.0 Å². The molecule has 0 bridgehead atoms. The second-order valence-corrected chi connectivity index (χ2v) is 10.7. The van der Waals surface area contributed by atoms with Gasteiger partial charge in [-0.15, -0.1) is 0 Å². The third-order valence-electron chi connectivity index (χ3n) is 6.37. The Bertz CT molecular complexity index is 1070. The van der Waals surface area contributed by atoms with E-state index in [-0.39, 0.29) is 16.8 Å². The minimum absolute atomic E-state index is 0.177. The van der Waals surface area contributed by atoms with E-state index in [1.54, 1.807) is 19.2 Å². The summed E-state index contributed by atoms with van der Waals surface area (Å²) >= 11 is 0. The Balaban J connectivity index is 1.84. The van der Waals surface area contributed by atoms with Gasteiger partial charge in [0.1, 0.15) is 5.75 Å². The van der Waals surface area contributed by atoms with Crippen molar-refractivity contribution in [2.75, 3.05) is 20.2 Å². The zero-order valence-corrected chi connectivity index (χ0v) is 20.5. The molecule has 0 spiro atoms. The summed E-state index contributed by atoms with van der Waals surface area (Å²) in [5.41, 5.74) is 3.12. The molecule has 1 amide bonds. The summed E-state index contributed by atoms with van der Waals surface area (Å²) in [5.74, 6) is 1.07. The molecule has 1 aliphatic rings. The summed E-state index contributed by atoms with van der Waals surface area (Å²) in [7, 11) is -1.98. The number of aryl methyl sites for hydroxylation is 2. The first-order chi connectivity index (χ1) is 15.2. The Morgan fingerprint density at radius 2 is 1.81 bits per heavy atom. The largest absolute Gasteiger partial charge is 0.496 e. The third-order valence-corrected chi connectivity index (χ3v) is 8.26. The zero-order valence-electron chi connectivity index (χ0n) is 19.6. The van der Waals surface area contributed by atoms with Crippen LogP contribution in [0, 0.1) is 19.8 Å². The number of carbonyl (C=O) groups is 1. The van der Waals surface area contributed by atoms with Crippen LogP contribution in [0.3, 0.4) is 0 Å². The van der Waals surface area contributed by atoms with E-state index in [0.29, 0.717) is 31.0 Å².